The summed E-state index contributed by atoms with van der Waals surface area (Å²) < 4.78 is 0. The Balaban J connectivity index is 2.19. The Morgan fingerprint density at radius 1 is 1.13 bits per heavy atom. The molecule has 0 fully saturated rings. The molecule has 0 atom stereocenters. The van der Waals surface area contributed by atoms with Crippen LogP contribution in [0.25, 0.3) is 0 Å². The minimum atomic E-state index is -0.185. The van der Waals surface area contributed by atoms with Crippen LogP contribution in [0.4, 0.5) is 5.13 Å². The quantitative estimate of drug-likeness (QED) is 0.584. The number of nitrogens with one attached hydrogen (secondary N) is 1. The summed E-state index contributed by atoms with van der Waals surface area (Å²) in [7, 11) is 0. The smallest absolute Gasteiger partial charge is 0.245 e. The zero-order chi connectivity index (χ0) is 16.9. The van der Waals surface area contributed by atoms with Gasteiger partial charge in [-0.3, -0.25) is 9.59 Å². The van der Waals surface area contributed by atoms with E-state index in [0.29, 0.717) is 18.1 Å². The third kappa shape index (κ3) is 8.69. The van der Waals surface area contributed by atoms with Gasteiger partial charge in [-0.15, -0.1) is 11.3 Å². The molecule has 1 aromatic heterocycles. The Bertz CT molecular complexity index is 449. The molecule has 0 unspecified atom stereocenters. The third-order valence-electron chi connectivity index (χ3n) is 3.74. The molecule has 23 heavy (non-hydrogen) atoms. The zero-order valence-corrected chi connectivity index (χ0v) is 15.2. The van der Waals surface area contributed by atoms with Crippen molar-refractivity contribution in [3.05, 3.63) is 11.6 Å². The minimum absolute atomic E-state index is 0.0651. The summed E-state index contributed by atoms with van der Waals surface area (Å²) in [4.78, 5) is 29.7. The predicted molar refractivity (Wildman–Crippen MR) is 95.6 cm³/mol. The van der Waals surface area contributed by atoms with Gasteiger partial charge in [0, 0.05) is 24.5 Å². The lowest BCUT2D eigenvalue weighted by Gasteiger charge is -2.20. The van der Waals surface area contributed by atoms with Crippen LogP contribution in [0.1, 0.15) is 65.2 Å². The van der Waals surface area contributed by atoms with Gasteiger partial charge in [0.25, 0.3) is 0 Å². The topological polar surface area (TPSA) is 62.3 Å². The van der Waals surface area contributed by atoms with E-state index in [4.69, 9.17) is 0 Å². The Labute approximate surface area is 143 Å². The highest BCUT2D eigenvalue weighted by atomic mass is 32.1. The van der Waals surface area contributed by atoms with Gasteiger partial charge in [0.05, 0.1) is 6.54 Å². The number of nitrogens with zero attached hydrogens (tertiary/aromatic N) is 2. The van der Waals surface area contributed by atoms with Crippen LogP contribution in [0.3, 0.4) is 0 Å². The lowest BCUT2D eigenvalue weighted by atomic mass is 10.1. The van der Waals surface area contributed by atoms with Crippen LogP contribution < -0.4 is 5.32 Å². The van der Waals surface area contributed by atoms with Crippen LogP contribution in [-0.2, 0) is 9.59 Å². The van der Waals surface area contributed by atoms with E-state index in [-0.39, 0.29) is 18.4 Å². The van der Waals surface area contributed by atoms with E-state index in [2.05, 4.69) is 17.2 Å². The molecule has 130 valence electrons. The molecule has 0 aromatic carbocycles. The normalized spacial score (nSPS) is 10.5. The van der Waals surface area contributed by atoms with Crippen molar-refractivity contribution in [3.8, 4) is 0 Å². The number of anilines is 1. The summed E-state index contributed by atoms with van der Waals surface area (Å²) in [6, 6.07) is 0. The monoisotopic (exact) mass is 339 g/mol. The summed E-state index contributed by atoms with van der Waals surface area (Å²) in [6.45, 7) is 4.77. The standard InChI is InChI=1S/C17H29N3O2S/c1-3-5-6-7-8-9-10-11-16(22)20(4-2)14-15(21)19-17-18-12-13-23-17/h12-13H,3-11,14H2,1-2H3,(H,18,19,21). The van der Waals surface area contributed by atoms with Gasteiger partial charge in [-0.1, -0.05) is 45.4 Å². The molecule has 1 rings (SSSR count). The average molecular weight is 340 g/mol. The van der Waals surface area contributed by atoms with Crippen molar-refractivity contribution in [2.45, 2.75) is 65.2 Å². The van der Waals surface area contributed by atoms with Gasteiger partial charge in [-0.05, 0) is 13.3 Å². The number of rotatable bonds is 12. The van der Waals surface area contributed by atoms with Gasteiger partial charge in [0.2, 0.25) is 11.8 Å². The largest absolute Gasteiger partial charge is 0.334 e. The number of hydrogen-bond donors (Lipinski definition) is 1. The molecule has 0 radical (unpaired) electrons. The van der Waals surface area contributed by atoms with Gasteiger partial charge in [0.15, 0.2) is 5.13 Å². The Morgan fingerprint density at radius 3 is 2.43 bits per heavy atom. The third-order valence-corrected chi connectivity index (χ3v) is 4.43. The summed E-state index contributed by atoms with van der Waals surface area (Å²) in [6.07, 6.45) is 10.5. The molecule has 0 aliphatic carbocycles. The molecular weight excluding hydrogens is 310 g/mol. The second-order valence-electron chi connectivity index (χ2n) is 5.66. The molecule has 0 bridgehead atoms. The Morgan fingerprint density at radius 2 is 1.83 bits per heavy atom. The van der Waals surface area contributed by atoms with Crippen molar-refractivity contribution in [1.82, 2.24) is 9.88 Å². The Kier molecular flexibility index (Phi) is 10.3. The summed E-state index contributed by atoms with van der Waals surface area (Å²) in [5.74, 6) is -0.120. The maximum absolute atomic E-state index is 12.2. The first-order valence-corrected chi connectivity index (χ1v) is 9.52. The number of amides is 2. The zero-order valence-electron chi connectivity index (χ0n) is 14.3. The van der Waals surface area contributed by atoms with E-state index in [1.807, 2.05) is 6.92 Å². The molecule has 1 N–H and O–H groups in total. The number of hydrogen-bond acceptors (Lipinski definition) is 4. The maximum atomic E-state index is 12.2. The summed E-state index contributed by atoms with van der Waals surface area (Å²) in [5, 5.41) is 5.09. The van der Waals surface area contributed by atoms with Crippen molar-refractivity contribution >= 4 is 28.3 Å². The van der Waals surface area contributed by atoms with Gasteiger partial charge in [-0.2, -0.15) is 0 Å². The molecule has 1 aromatic rings. The van der Waals surface area contributed by atoms with Crippen molar-refractivity contribution in [2.24, 2.45) is 0 Å². The van der Waals surface area contributed by atoms with Crippen LogP contribution >= 0.6 is 11.3 Å². The fourth-order valence-electron chi connectivity index (χ4n) is 2.39. The van der Waals surface area contributed by atoms with Crippen LogP contribution in [0, 0.1) is 0 Å². The van der Waals surface area contributed by atoms with Gasteiger partial charge < -0.3 is 10.2 Å². The highest BCUT2D eigenvalue weighted by Gasteiger charge is 2.15. The van der Waals surface area contributed by atoms with Crippen molar-refractivity contribution in [2.75, 3.05) is 18.4 Å². The molecular formula is C17H29N3O2S. The average Bonchev–Trinajstić information content (AvgIpc) is 3.04. The van der Waals surface area contributed by atoms with Crippen molar-refractivity contribution in [1.29, 1.82) is 0 Å². The van der Waals surface area contributed by atoms with Crippen molar-refractivity contribution < 1.29 is 9.59 Å². The maximum Gasteiger partial charge on any atom is 0.245 e. The number of thiazole rings is 1. The fraction of sp³-hybridized carbons (Fsp3) is 0.706. The number of carbonyl (C=O) groups excluding carboxylic acids is 2. The number of carbonyl (C=O) groups is 2. The van der Waals surface area contributed by atoms with Crippen LogP contribution in [-0.4, -0.2) is 34.8 Å². The lowest BCUT2D eigenvalue weighted by molar-refractivity contribution is -0.134. The first-order chi connectivity index (χ1) is 11.2. The van der Waals surface area contributed by atoms with Gasteiger partial charge in [0.1, 0.15) is 0 Å². The molecule has 5 nitrogen and oxygen atoms in total. The first kappa shape index (κ1) is 19.6. The van der Waals surface area contributed by atoms with Crippen LogP contribution in [0.2, 0.25) is 0 Å². The summed E-state index contributed by atoms with van der Waals surface area (Å²) in [5.41, 5.74) is 0. The molecule has 1 heterocycles. The SMILES string of the molecule is CCCCCCCCCC(=O)N(CC)CC(=O)Nc1nccs1. The minimum Gasteiger partial charge on any atom is -0.334 e. The predicted octanol–water partition coefficient (Wildman–Crippen LogP) is 4.07. The lowest BCUT2D eigenvalue weighted by Crippen LogP contribution is -2.37. The fourth-order valence-corrected chi connectivity index (χ4v) is 2.93. The second-order valence-corrected chi connectivity index (χ2v) is 6.56. The number of likely N-dealkylation sites (N-methyl/N-ethyl adjacent to an activating group) is 1. The van der Waals surface area contributed by atoms with Crippen LogP contribution in [0.5, 0.6) is 0 Å². The van der Waals surface area contributed by atoms with Crippen molar-refractivity contribution in [3.63, 3.8) is 0 Å². The molecule has 6 heteroatoms. The summed E-state index contributed by atoms with van der Waals surface area (Å²) >= 11 is 1.37. The number of unbranched alkanes of at least 4 members (excludes halogenated alkanes) is 6. The highest BCUT2D eigenvalue weighted by Crippen LogP contribution is 2.11. The molecule has 0 aliphatic heterocycles. The van der Waals surface area contributed by atoms with Gasteiger partial charge >= 0.3 is 0 Å². The van der Waals surface area contributed by atoms with Gasteiger partial charge in [-0.25, -0.2) is 4.98 Å². The number of aromatic nitrogens is 1. The molecule has 0 saturated carbocycles. The van der Waals surface area contributed by atoms with E-state index < -0.39 is 0 Å². The molecule has 0 spiro atoms. The van der Waals surface area contributed by atoms with E-state index in [1.54, 1.807) is 16.5 Å². The first-order valence-electron chi connectivity index (χ1n) is 8.64. The van der Waals surface area contributed by atoms with E-state index >= 15 is 0 Å². The second kappa shape index (κ2) is 12.0. The molecule has 2 amide bonds. The van der Waals surface area contributed by atoms with E-state index in [1.165, 1.54) is 43.4 Å². The Hall–Kier alpha value is -1.43. The van der Waals surface area contributed by atoms with E-state index in [0.717, 1.165) is 12.8 Å². The molecule has 0 saturated heterocycles. The van der Waals surface area contributed by atoms with Crippen LogP contribution in [0.15, 0.2) is 11.6 Å². The highest BCUT2D eigenvalue weighted by molar-refractivity contribution is 7.13. The van der Waals surface area contributed by atoms with E-state index in [9.17, 15) is 9.59 Å². The molecule has 0 aliphatic rings.